The Balaban J connectivity index is 2.70. The molecule has 1 fully saturated rings. The van der Waals surface area contributed by atoms with Crippen LogP contribution in [0, 0.1) is 0 Å². The minimum absolute atomic E-state index is 0.506. The van der Waals surface area contributed by atoms with Crippen LogP contribution in [0.1, 0.15) is 20.8 Å². The van der Waals surface area contributed by atoms with Gasteiger partial charge in [-0.05, 0) is 6.92 Å². The molecule has 0 radical (unpaired) electrons. The second-order valence-electron chi connectivity index (χ2n) is 3.38. The van der Waals surface area contributed by atoms with Gasteiger partial charge in [-0.15, -0.1) is 0 Å². The molecule has 0 aromatic heterocycles. The van der Waals surface area contributed by atoms with E-state index in [0.29, 0.717) is 0 Å². The van der Waals surface area contributed by atoms with Gasteiger partial charge in [0.1, 0.15) is 0 Å². The van der Waals surface area contributed by atoms with Gasteiger partial charge in [-0.2, -0.15) is 0 Å². The summed E-state index contributed by atoms with van der Waals surface area (Å²) in [4.78, 5) is 21.5. The average molecular weight is 218 g/mol. The van der Waals surface area contributed by atoms with Crippen LogP contribution in [-0.2, 0) is 23.8 Å². The summed E-state index contributed by atoms with van der Waals surface area (Å²) in [6, 6.07) is 0. The van der Waals surface area contributed by atoms with Gasteiger partial charge < -0.3 is 19.3 Å². The zero-order valence-electron chi connectivity index (χ0n) is 8.80. The molecule has 6 nitrogen and oxygen atoms in total. The molecular weight excluding hydrogens is 204 g/mol. The van der Waals surface area contributed by atoms with Crippen molar-refractivity contribution in [3.05, 3.63) is 0 Å². The quantitative estimate of drug-likeness (QED) is 0.634. The number of carbonyl (C=O) groups is 2. The van der Waals surface area contributed by atoms with Crippen LogP contribution in [0.3, 0.4) is 0 Å². The Morgan fingerprint density at radius 1 is 1.13 bits per heavy atom. The SMILES string of the molecule is CC(=O)O[C@@H]1[C@H](OC(C)=O)[C@@H](C)O[C@@H]1O. The highest BCUT2D eigenvalue weighted by Crippen LogP contribution is 2.25. The number of ether oxygens (including phenoxy) is 3. The molecule has 86 valence electrons. The van der Waals surface area contributed by atoms with Crippen molar-refractivity contribution >= 4 is 11.9 Å². The standard InChI is InChI=1S/C9H14O6/c1-4-7(14-5(2)10)8(9(12)13-4)15-6(3)11/h4,7-9,12H,1-3H3/t4-,7-,8-,9+/m1/s1. The maximum atomic E-state index is 10.8. The van der Waals surface area contributed by atoms with E-state index in [0.717, 1.165) is 0 Å². The average Bonchev–Trinajstić information content (AvgIpc) is 2.30. The molecule has 6 heteroatoms. The lowest BCUT2D eigenvalue weighted by molar-refractivity contribution is -0.174. The lowest BCUT2D eigenvalue weighted by Crippen LogP contribution is -2.39. The minimum Gasteiger partial charge on any atom is -0.456 e. The van der Waals surface area contributed by atoms with E-state index in [1.807, 2.05) is 0 Å². The van der Waals surface area contributed by atoms with E-state index in [1.54, 1.807) is 6.92 Å². The van der Waals surface area contributed by atoms with E-state index in [9.17, 15) is 14.7 Å². The van der Waals surface area contributed by atoms with Gasteiger partial charge in [0.05, 0.1) is 6.10 Å². The second kappa shape index (κ2) is 4.59. The summed E-state index contributed by atoms with van der Waals surface area (Å²) in [7, 11) is 0. The van der Waals surface area contributed by atoms with Crippen LogP contribution < -0.4 is 0 Å². The molecule has 1 saturated heterocycles. The number of hydrogen-bond donors (Lipinski definition) is 1. The van der Waals surface area contributed by atoms with E-state index in [-0.39, 0.29) is 0 Å². The summed E-state index contributed by atoms with van der Waals surface area (Å²) in [5.74, 6) is -1.07. The van der Waals surface area contributed by atoms with Crippen LogP contribution in [0.5, 0.6) is 0 Å². The van der Waals surface area contributed by atoms with Crippen LogP contribution >= 0.6 is 0 Å². The number of esters is 2. The molecule has 0 amide bonds. The van der Waals surface area contributed by atoms with Gasteiger partial charge in [-0.1, -0.05) is 0 Å². The van der Waals surface area contributed by atoms with E-state index < -0.39 is 36.5 Å². The van der Waals surface area contributed by atoms with E-state index in [1.165, 1.54) is 13.8 Å². The molecule has 1 rings (SSSR count). The van der Waals surface area contributed by atoms with Gasteiger partial charge in [-0.3, -0.25) is 9.59 Å². The second-order valence-corrected chi connectivity index (χ2v) is 3.38. The van der Waals surface area contributed by atoms with Crippen molar-refractivity contribution in [2.75, 3.05) is 0 Å². The maximum Gasteiger partial charge on any atom is 0.303 e. The molecule has 0 saturated carbocycles. The van der Waals surface area contributed by atoms with Gasteiger partial charge in [-0.25, -0.2) is 0 Å². The maximum absolute atomic E-state index is 10.8. The monoisotopic (exact) mass is 218 g/mol. The summed E-state index contributed by atoms with van der Waals surface area (Å²) >= 11 is 0. The molecule has 0 aliphatic carbocycles. The highest BCUT2D eigenvalue weighted by atomic mass is 16.7. The van der Waals surface area contributed by atoms with Crippen molar-refractivity contribution in [2.24, 2.45) is 0 Å². The first kappa shape index (κ1) is 11.9. The van der Waals surface area contributed by atoms with Crippen molar-refractivity contribution in [2.45, 2.75) is 45.4 Å². The van der Waals surface area contributed by atoms with Gasteiger partial charge >= 0.3 is 11.9 Å². The predicted octanol–water partition coefficient (Wildman–Crippen LogP) is -0.413. The first-order valence-corrected chi connectivity index (χ1v) is 4.59. The summed E-state index contributed by atoms with van der Waals surface area (Å²) in [5, 5.41) is 9.40. The lowest BCUT2D eigenvalue weighted by Gasteiger charge is -2.20. The third-order valence-corrected chi connectivity index (χ3v) is 2.03. The Morgan fingerprint density at radius 3 is 2.07 bits per heavy atom. The van der Waals surface area contributed by atoms with Crippen molar-refractivity contribution in [3.63, 3.8) is 0 Å². The molecule has 0 aromatic rings. The lowest BCUT2D eigenvalue weighted by atomic mass is 10.1. The zero-order chi connectivity index (χ0) is 11.6. The molecule has 4 atom stereocenters. The summed E-state index contributed by atoms with van der Waals surface area (Å²) < 4.78 is 14.7. The highest BCUT2D eigenvalue weighted by Gasteiger charge is 2.46. The number of aliphatic hydroxyl groups is 1. The molecule has 15 heavy (non-hydrogen) atoms. The van der Waals surface area contributed by atoms with Gasteiger partial charge in [0, 0.05) is 13.8 Å². The fraction of sp³-hybridized carbons (Fsp3) is 0.778. The van der Waals surface area contributed by atoms with Crippen molar-refractivity contribution in [3.8, 4) is 0 Å². The normalized spacial score (nSPS) is 34.9. The van der Waals surface area contributed by atoms with E-state index >= 15 is 0 Å². The van der Waals surface area contributed by atoms with Crippen molar-refractivity contribution in [1.82, 2.24) is 0 Å². The first-order chi connectivity index (χ1) is 6.91. The van der Waals surface area contributed by atoms with Crippen LogP contribution in [0.25, 0.3) is 0 Å². The van der Waals surface area contributed by atoms with E-state index in [4.69, 9.17) is 14.2 Å². The van der Waals surface area contributed by atoms with Crippen LogP contribution in [0.2, 0.25) is 0 Å². The van der Waals surface area contributed by atoms with Gasteiger partial charge in [0.25, 0.3) is 0 Å². The van der Waals surface area contributed by atoms with Crippen LogP contribution in [-0.4, -0.2) is 41.6 Å². The van der Waals surface area contributed by atoms with Gasteiger partial charge in [0.2, 0.25) is 0 Å². The third-order valence-electron chi connectivity index (χ3n) is 2.03. The molecular formula is C9H14O6. The Bertz CT molecular complexity index is 237. The zero-order valence-corrected chi connectivity index (χ0v) is 8.80. The summed E-state index contributed by atoms with van der Waals surface area (Å²) in [6.45, 7) is 4.07. The Hall–Kier alpha value is -1.14. The Morgan fingerprint density at radius 2 is 1.60 bits per heavy atom. The van der Waals surface area contributed by atoms with Crippen LogP contribution in [0.4, 0.5) is 0 Å². The fourth-order valence-electron chi connectivity index (χ4n) is 1.48. The summed E-state index contributed by atoms with van der Waals surface area (Å²) in [5.41, 5.74) is 0. The number of rotatable bonds is 2. The highest BCUT2D eigenvalue weighted by molar-refractivity contribution is 5.67. The van der Waals surface area contributed by atoms with Gasteiger partial charge in [0.15, 0.2) is 18.5 Å². The Kier molecular flexibility index (Phi) is 3.65. The predicted molar refractivity (Wildman–Crippen MR) is 47.7 cm³/mol. The molecule has 1 aliphatic heterocycles. The van der Waals surface area contributed by atoms with Crippen molar-refractivity contribution in [1.29, 1.82) is 0 Å². The number of aliphatic hydroxyl groups excluding tert-OH is 1. The molecule has 0 bridgehead atoms. The number of carbonyl (C=O) groups excluding carboxylic acids is 2. The minimum atomic E-state index is -1.26. The van der Waals surface area contributed by atoms with E-state index in [2.05, 4.69) is 0 Å². The summed E-state index contributed by atoms with van der Waals surface area (Å²) in [6.07, 6.45) is -3.48. The largest absolute Gasteiger partial charge is 0.456 e. The smallest absolute Gasteiger partial charge is 0.303 e. The molecule has 1 heterocycles. The molecule has 0 unspecified atom stereocenters. The molecule has 1 aliphatic rings. The molecule has 0 aromatic carbocycles. The van der Waals surface area contributed by atoms with Crippen LogP contribution in [0.15, 0.2) is 0 Å². The molecule has 1 N–H and O–H groups in total. The first-order valence-electron chi connectivity index (χ1n) is 4.59. The topological polar surface area (TPSA) is 82.1 Å². The fourth-order valence-corrected chi connectivity index (χ4v) is 1.48. The molecule has 0 spiro atoms. The number of hydrogen-bond acceptors (Lipinski definition) is 6. The van der Waals surface area contributed by atoms with Crippen molar-refractivity contribution < 1.29 is 28.9 Å². The Labute approximate surface area is 87.1 Å². The third kappa shape index (κ3) is 2.90.